The minimum atomic E-state index is 0.0783. The van der Waals surface area contributed by atoms with Crippen LogP contribution in [0, 0.1) is 0 Å². The lowest BCUT2D eigenvalue weighted by Gasteiger charge is -2.31. The van der Waals surface area contributed by atoms with Gasteiger partial charge in [0.2, 0.25) is 5.13 Å². The van der Waals surface area contributed by atoms with Gasteiger partial charge in [-0.05, 0) is 25.7 Å². The molecule has 3 heterocycles. The van der Waals surface area contributed by atoms with Crippen molar-refractivity contribution in [3.05, 3.63) is 17.2 Å². The number of hydrogen-bond donors (Lipinski definition) is 0. The van der Waals surface area contributed by atoms with Gasteiger partial charge in [-0.1, -0.05) is 32.1 Å². The summed E-state index contributed by atoms with van der Waals surface area (Å²) in [6.45, 7) is 8.62. The van der Waals surface area contributed by atoms with Crippen molar-refractivity contribution in [3.8, 4) is 0 Å². The van der Waals surface area contributed by atoms with Gasteiger partial charge in [-0.3, -0.25) is 0 Å². The van der Waals surface area contributed by atoms with Crippen molar-refractivity contribution in [2.24, 2.45) is 0 Å². The smallest absolute Gasteiger partial charge is 0.208 e. The maximum atomic E-state index is 4.41. The average molecular weight is 332 g/mol. The predicted octanol–water partition coefficient (Wildman–Crippen LogP) is 3.15. The number of anilines is 1. The summed E-state index contributed by atoms with van der Waals surface area (Å²) in [6, 6.07) is 0.663. The van der Waals surface area contributed by atoms with Crippen LogP contribution in [0.4, 0.5) is 5.13 Å². The van der Waals surface area contributed by atoms with Crippen molar-refractivity contribution < 1.29 is 0 Å². The van der Waals surface area contributed by atoms with Gasteiger partial charge >= 0.3 is 0 Å². The van der Waals surface area contributed by atoms with Crippen molar-refractivity contribution in [1.82, 2.24) is 25.0 Å². The summed E-state index contributed by atoms with van der Waals surface area (Å²) >= 11 is 1.73. The Hall–Kier alpha value is -1.50. The molecule has 1 saturated carbocycles. The molecule has 124 valence electrons. The van der Waals surface area contributed by atoms with Gasteiger partial charge < -0.3 is 9.47 Å². The molecule has 0 atom stereocenters. The SMILES string of the molecule is CC(C)(C)c1nnc(N2CCC(c3nncn3C3CC3)CC2)s1. The third kappa shape index (κ3) is 2.98. The highest BCUT2D eigenvalue weighted by atomic mass is 32.1. The molecule has 0 unspecified atom stereocenters. The van der Waals surface area contributed by atoms with Crippen LogP contribution in [0.5, 0.6) is 0 Å². The summed E-state index contributed by atoms with van der Waals surface area (Å²) in [5.74, 6) is 1.73. The molecule has 0 N–H and O–H groups in total. The van der Waals surface area contributed by atoms with Crippen molar-refractivity contribution in [2.75, 3.05) is 18.0 Å². The van der Waals surface area contributed by atoms with Gasteiger partial charge in [0.05, 0.1) is 0 Å². The molecular weight excluding hydrogens is 308 g/mol. The molecule has 0 radical (unpaired) electrons. The fourth-order valence-corrected chi connectivity index (χ4v) is 4.11. The molecule has 0 spiro atoms. The van der Waals surface area contributed by atoms with Crippen molar-refractivity contribution in [1.29, 1.82) is 0 Å². The summed E-state index contributed by atoms with van der Waals surface area (Å²) < 4.78 is 2.31. The fourth-order valence-electron chi connectivity index (χ4n) is 3.15. The normalized spacial score (nSPS) is 20.2. The molecule has 2 aliphatic rings. The zero-order valence-corrected chi connectivity index (χ0v) is 14.9. The quantitative estimate of drug-likeness (QED) is 0.864. The number of aromatic nitrogens is 5. The van der Waals surface area contributed by atoms with Gasteiger partial charge in [-0.25, -0.2) is 0 Å². The summed E-state index contributed by atoms with van der Waals surface area (Å²) in [5, 5.41) is 19.5. The first kappa shape index (κ1) is 15.1. The van der Waals surface area contributed by atoms with E-state index in [-0.39, 0.29) is 5.41 Å². The highest BCUT2D eigenvalue weighted by Gasteiger charge is 2.32. The second-order valence-electron chi connectivity index (χ2n) is 7.73. The van der Waals surface area contributed by atoms with Crippen LogP contribution >= 0.6 is 11.3 Å². The average Bonchev–Trinajstić information content (AvgIpc) is 3.04. The highest BCUT2D eigenvalue weighted by molar-refractivity contribution is 7.15. The van der Waals surface area contributed by atoms with Gasteiger partial charge in [-0.2, -0.15) is 0 Å². The first-order chi connectivity index (χ1) is 11.0. The van der Waals surface area contributed by atoms with Gasteiger partial charge in [0.1, 0.15) is 17.2 Å². The van der Waals surface area contributed by atoms with E-state index in [1.165, 1.54) is 18.7 Å². The largest absolute Gasteiger partial charge is 0.347 e. The lowest BCUT2D eigenvalue weighted by atomic mass is 9.96. The summed E-state index contributed by atoms with van der Waals surface area (Å²) in [6.07, 6.45) is 6.72. The molecule has 6 nitrogen and oxygen atoms in total. The molecule has 2 aromatic rings. The number of hydrogen-bond acceptors (Lipinski definition) is 6. The molecule has 2 aromatic heterocycles. The minimum absolute atomic E-state index is 0.0783. The Morgan fingerprint density at radius 1 is 1.04 bits per heavy atom. The molecule has 0 amide bonds. The molecule has 4 rings (SSSR count). The minimum Gasteiger partial charge on any atom is -0.347 e. The molecule has 0 aromatic carbocycles. The standard InChI is InChI=1S/C16H24N6S/c1-16(2,3)14-19-20-15(23-14)21-8-6-11(7-9-21)13-18-17-10-22(13)12-4-5-12/h10-12H,4-9H2,1-3H3. The molecule has 0 bridgehead atoms. The Balaban J connectivity index is 1.43. The Morgan fingerprint density at radius 3 is 2.39 bits per heavy atom. The monoisotopic (exact) mass is 332 g/mol. The van der Waals surface area contributed by atoms with Gasteiger partial charge in [0.25, 0.3) is 0 Å². The van der Waals surface area contributed by atoms with E-state index in [4.69, 9.17) is 0 Å². The third-order valence-electron chi connectivity index (χ3n) is 4.73. The van der Waals surface area contributed by atoms with Gasteiger partial charge in [0.15, 0.2) is 0 Å². The van der Waals surface area contributed by atoms with Gasteiger partial charge in [0, 0.05) is 30.5 Å². The van der Waals surface area contributed by atoms with E-state index in [9.17, 15) is 0 Å². The van der Waals surface area contributed by atoms with Crippen LogP contribution in [0.25, 0.3) is 0 Å². The summed E-state index contributed by atoms with van der Waals surface area (Å²) in [4.78, 5) is 2.38. The third-order valence-corrected chi connectivity index (χ3v) is 6.14. The molecule has 23 heavy (non-hydrogen) atoms. The van der Waals surface area contributed by atoms with Crippen LogP contribution in [0.1, 0.15) is 69.2 Å². The van der Waals surface area contributed by atoms with Crippen LogP contribution in [-0.2, 0) is 5.41 Å². The van der Waals surface area contributed by atoms with Crippen LogP contribution in [0.15, 0.2) is 6.33 Å². The molecule has 7 heteroatoms. The Kier molecular flexibility index (Phi) is 3.63. The van der Waals surface area contributed by atoms with E-state index in [0.29, 0.717) is 12.0 Å². The highest BCUT2D eigenvalue weighted by Crippen LogP contribution is 2.39. The molecule has 1 aliphatic heterocycles. The Morgan fingerprint density at radius 2 is 1.78 bits per heavy atom. The number of piperidine rings is 1. The molecule has 2 fully saturated rings. The van der Waals surface area contributed by atoms with Crippen LogP contribution in [-0.4, -0.2) is 38.1 Å². The fraction of sp³-hybridized carbons (Fsp3) is 0.750. The predicted molar refractivity (Wildman–Crippen MR) is 91.1 cm³/mol. The van der Waals surface area contributed by atoms with E-state index in [0.717, 1.165) is 36.1 Å². The van der Waals surface area contributed by atoms with Crippen LogP contribution < -0.4 is 4.90 Å². The van der Waals surface area contributed by atoms with Crippen LogP contribution in [0.3, 0.4) is 0 Å². The maximum absolute atomic E-state index is 4.41. The molecular formula is C16H24N6S. The zero-order valence-electron chi connectivity index (χ0n) is 14.1. The van der Waals surface area contributed by atoms with E-state index < -0.39 is 0 Å². The van der Waals surface area contributed by atoms with E-state index >= 15 is 0 Å². The van der Waals surface area contributed by atoms with Crippen molar-refractivity contribution in [3.63, 3.8) is 0 Å². The maximum Gasteiger partial charge on any atom is 0.208 e. The number of rotatable bonds is 3. The summed E-state index contributed by atoms with van der Waals surface area (Å²) in [5.41, 5.74) is 0.0783. The van der Waals surface area contributed by atoms with E-state index in [1.807, 2.05) is 6.33 Å². The Bertz CT molecular complexity index is 673. The molecule has 1 aliphatic carbocycles. The molecule has 1 saturated heterocycles. The lowest BCUT2D eigenvalue weighted by molar-refractivity contribution is 0.464. The second-order valence-corrected chi connectivity index (χ2v) is 8.68. The topological polar surface area (TPSA) is 59.7 Å². The van der Waals surface area contributed by atoms with E-state index in [2.05, 4.69) is 50.6 Å². The van der Waals surface area contributed by atoms with Crippen molar-refractivity contribution >= 4 is 16.5 Å². The number of nitrogens with zero attached hydrogens (tertiary/aromatic N) is 6. The second kappa shape index (κ2) is 5.54. The van der Waals surface area contributed by atoms with Crippen LogP contribution in [0.2, 0.25) is 0 Å². The first-order valence-corrected chi connectivity index (χ1v) is 9.32. The first-order valence-electron chi connectivity index (χ1n) is 8.51. The Labute approximate surface area is 140 Å². The van der Waals surface area contributed by atoms with Crippen molar-refractivity contribution in [2.45, 2.75) is 63.8 Å². The van der Waals surface area contributed by atoms with E-state index in [1.54, 1.807) is 11.3 Å². The lowest BCUT2D eigenvalue weighted by Crippen LogP contribution is -2.33. The van der Waals surface area contributed by atoms with Gasteiger partial charge in [-0.15, -0.1) is 20.4 Å². The zero-order chi connectivity index (χ0) is 16.0. The summed E-state index contributed by atoms with van der Waals surface area (Å²) in [7, 11) is 0.